The van der Waals surface area contributed by atoms with Gasteiger partial charge in [0.2, 0.25) is 0 Å². The van der Waals surface area contributed by atoms with E-state index in [1.165, 1.54) is 12.1 Å². The summed E-state index contributed by atoms with van der Waals surface area (Å²) < 4.78 is 46.2. The van der Waals surface area contributed by atoms with Gasteiger partial charge >= 0.3 is 7.60 Å². The van der Waals surface area contributed by atoms with Crippen LogP contribution in [0, 0.1) is 5.82 Å². The molecule has 84 valence electrons. The van der Waals surface area contributed by atoms with Gasteiger partial charge in [0, 0.05) is 0 Å². The highest BCUT2D eigenvalue weighted by atomic mass is 32.2. The van der Waals surface area contributed by atoms with E-state index in [1.54, 1.807) is 0 Å². The third kappa shape index (κ3) is 3.39. The SMILES string of the molecule is O=P(O)(O)CS(=O)(=O)c1ccccc1F. The summed E-state index contributed by atoms with van der Waals surface area (Å²) in [5.41, 5.74) is -1.39. The first-order valence-electron chi connectivity index (χ1n) is 3.74. The molecule has 0 heterocycles. The molecule has 0 atom stereocenters. The van der Waals surface area contributed by atoms with Gasteiger partial charge in [0.05, 0.1) is 0 Å². The first kappa shape index (κ1) is 12.3. The zero-order valence-electron chi connectivity index (χ0n) is 7.37. The largest absolute Gasteiger partial charge is 0.340 e. The Labute approximate surface area is 85.6 Å². The fourth-order valence-electron chi connectivity index (χ4n) is 0.988. The summed E-state index contributed by atoms with van der Waals surface area (Å²) in [4.78, 5) is 16.3. The quantitative estimate of drug-likeness (QED) is 0.776. The van der Waals surface area contributed by atoms with Crippen LogP contribution in [0.2, 0.25) is 0 Å². The van der Waals surface area contributed by atoms with Crippen molar-refractivity contribution in [3.8, 4) is 0 Å². The van der Waals surface area contributed by atoms with Gasteiger partial charge in [-0.1, -0.05) is 12.1 Å². The molecule has 15 heavy (non-hydrogen) atoms. The minimum atomic E-state index is -4.73. The molecule has 0 saturated carbocycles. The van der Waals surface area contributed by atoms with Crippen LogP contribution >= 0.6 is 7.60 Å². The Morgan fingerprint density at radius 3 is 2.27 bits per heavy atom. The molecule has 0 aromatic heterocycles. The van der Waals surface area contributed by atoms with Gasteiger partial charge in [0.1, 0.15) is 10.7 Å². The number of sulfone groups is 1. The molecule has 1 aromatic carbocycles. The van der Waals surface area contributed by atoms with E-state index in [2.05, 4.69) is 0 Å². The minimum absolute atomic E-state index is 0.701. The number of halogens is 1. The van der Waals surface area contributed by atoms with Gasteiger partial charge in [0.15, 0.2) is 15.3 Å². The molecule has 0 fully saturated rings. The van der Waals surface area contributed by atoms with Crippen LogP contribution in [0.25, 0.3) is 0 Å². The fourth-order valence-corrected chi connectivity index (χ4v) is 3.97. The zero-order valence-corrected chi connectivity index (χ0v) is 9.08. The highest BCUT2D eigenvalue weighted by Crippen LogP contribution is 2.38. The van der Waals surface area contributed by atoms with Crippen LogP contribution < -0.4 is 0 Å². The molecule has 0 aliphatic rings. The van der Waals surface area contributed by atoms with Gasteiger partial charge in [-0.3, -0.25) is 4.57 Å². The van der Waals surface area contributed by atoms with Gasteiger partial charge in [-0.05, 0) is 12.1 Å². The van der Waals surface area contributed by atoms with Crippen molar-refractivity contribution >= 4 is 17.4 Å². The predicted molar refractivity (Wildman–Crippen MR) is 50.5 cm³/mol. The standard InChI is InChI=1S/C7H8FO5PS/c8-6-3-1-2-4-7(6)15(12,13)5-14(9,10)11/h1-4H,5H2,(H2,9,10,11). The second-order valence-corrected chi connectivity index (χ2v) is 6.87. The fraction of sp³-hybridized carbons (Fsp3) is 0.143. The third-order valence-corrected chi connectivity index (χ3v) is 5.22. The van der Waals surface area contributed by atoms with E-state index in [9.17, 15) is 17.4 Å². The first-order valence-corrected chi connectivity index (χ1v) is 7.19. The lowest BCUT2D eigenvalue weighted by Crippen LogP contribution is -2.09. The Bertz CT molecular complexity index is 506. The van der Waals surface area contributed by atoms with Crippen molar-refractivity contribution in [2.75, 3.05) is 5.49 Å². The first-order chi connectivity index (χ1) is 6.72. The summed E-state index contributed by atoms with van der Waals surface area (Å²) in [6.45, 7) is 0. The zero-order chi connectivity index (χ0) is 11.7. The number of rotatable bonds is 3. The second kappa shape index (κ2) is 4.02. The molecule has 0 amide bonds. The maximum atomic E-state index is 13.0. The highest BCUT2D eigenvalue weighted by Gasteiger charge is 2.28. The van der Waals surface area contributed by atoms with Gasteiger partial charge in [-0.2, -0.15) is 0 Å². The molecule has 0 unspecified atom stereocenters. The molecule has 8 heteroatoms. The van der Waals surface area contributed by atoms with Crippen molar-refractivity contribution in [3.05, 3.63) is 30.1 Å². The van der Waals surface area contributed by atoms with E-state index < -0.39 is 33.6 Å². The minimum Gasteiger partial charge on any atom is -0.324 e. The van der Waals surface area contributed by atoms with E-state index >= 15 is 0 Å². The number of hydrogen-bond acceptors (Lipinski definition) is 3. The number of hydrogen-bond donors (Lipinski definition) is 2. The van der Waals surface area contributed by atoms with Crippen LogP contribution in [0.5, 0.6) is 0 Å². The topological polar surface area (TPSA) is 91.7 Å². The molecule has 1 rings (SSSR count). The molecule has 0 aliphatic carbocycles. The average molecular weight is 254 g/mol. The molecule has 5 nitrogen and oxygen atoms in total. The van der Waals surface area contributed by atoms with Gasteiger partial charge in [-0.15, -0.1) is 0 Å². The molecular formula is C7H8FO5PS. The summed E-state index contributed by atoms with van der Waals surface area (Å²) in [7, 11) is -9.01. The summed E-state index contributed by atoms with van der Waals surface area (Å²) in [5, 5.41) is 0. The molecule has 0 bridgehead atoms. The van der Waals surface area contributed by atoms with Crippen molar-refractivity contribution in [2.24, 2.45) is 0 Å². The van der Waals surface area contributed by atoms with E-state index in [1.807, 2.05) is 0 Å². The molecule has 0 aliphatic heterocycles. The summed E-state index contributed by atoms with van der Waals surface area (Å²) in [5.74, 6) is -1.02. The van der Waals surface area contributed by atoms with E-state index in [0.29, 0.717) is 0 Å². The molecule has 0 radical (unpaired) electrons. The molecule has 2 N–H and O–H groups in total. The van der Waals surface area contributed by atoms with Crippen molar-refractivity contribution < 1.29 is 27.2 Å². The lowest BCUT2D eigenvalue weighted by atomic mass is 10.4. The van der Waals surface area contributed by atoms with E-state index in [-0.39, 0.29) is 0 Å². The van der Waals surface area contributed by atoms with Gasteiger partial charge in [0.25, 0.3) is 0 Å². The summed E-state index contributed by atoms with van der Waals surface area (Å²) >= 11 is 0. The van der Waals surface area contributed by atoms with Gasteiger partial charge in [-0.25, -0.2) is 12.8 Å². The lowest BCUT2D eigenvalue weighted by molar-refractivity contribution is 0.378. The summed E-state index contributed by atoms with van der Waals surface area (Å²) in [6, 6.07) is 4.42. The molecule has 1 aromatic rings. The van der Waals surface area contributed by atoms with E-state index in [0.717, 1.165) is 12.1 Å². The van der Waals surface area contributed by atoms with Crippen molar-refractivity contribution in [2.45, 2.75) is 4.90 Å². The molecule has 0 spiro atoms. The molecule has 0 saturated heterocycles. The van der Waals surface area contributed by atoms with Crippen LogP contribution in [0.3, 0.4) is 0 Å². The smallest absolute Gasteiger partial charge is 0.324 e. The second-order valence-electron chi connectivity index (χ2n) is 2.84. The number of benzene rings is 1. The van der Waals surface area contributed by atoms with Gasteiger partial charge < -0.3 is 9.79 Å². The Hall–Kier alpha value is -0.750. The third-order valence-electron chi connectivity index (χ3n) is 1.51. The monoisotopic (exact) mass is 254 g/mol. The average Bonchev–Trinajstić information content (AvgIpc) is 1.99. The van der Waals surface area contributed by atoms with Crippen molar-refractivity contribution in [3.63, 3.8) is 0 Å². The Morgan fingerprint density at radius 2 is 1.80 bits per heavy atom. The normalized spacial score (nSPS) is 12.7. The maximum absolute atomic E-state index is 13.0. The molecular weight excluding hydrogens is 246 g/mol. The Balaban J connectivity index is 3.19. The lowest BCUT2D eigenvalue weighted by Gasteiger charge is -2.06. The van der Waals surface area contributed by atoms with E-state index in [4.69, 9.17) is 9.79 Å². The predicted octanol–water partition coefficient (Wildman–Crippen LogP) is 0.735. The maximum Gasteiger partial charge on any atom is 0.340 e. The van der Waals surface area contributed by atoms with Crippen LogP contribution in [-0.2, 0) is 14.4 Å². The van der Waals surface area contributed by atoms with Crippen LogP contribution in [0.4, 0.5) is 4.39 Å². The van der Waals surface area contributed by atoms with Crippen LogP contribution in [0.15, 0.2) is 29.2 Å². The van der Waals surface area contributed by atoms with Crippen molar-refractivity contribution in [1.82, 2.24) is 0 Å². The van der Waals surface area contributed by atoms with Crippen LogP contribution in [-0.4, -0.2) is 23.7 Å². The Kier molecular flexibility index (Phi) is 3.30. The highest BCUT2D eigenvalue weighted by molar-refractivity contribution is 7.97. The Morgan fingerprint density at radius 1 is 1.27 bits per heavy atom. The summed E-state index contributed by atoms with van der Waals surface area (Å²) in [6.07, 6.45) is 0. The van der Waals surface area contributed by atoms with Crippen LogP contribution in [0.1, 0.15) is 0 Å². The van der Waals surface area contributed by atoms with Crippen molar-refractivity contribution in [1.29, 1.82) is 0 Å².